The van der Waals surface area contributed by atoms with Crippen molar-refractivity contribution in [2.75, 3.05) is 13.6 Å². The standard InChI is InChI=1S/C22H25N5O3/c1-22(2,3)30-21(29)26-13-10-16-18(15-9-5-6-11-24-15)17(20(28)23-4)14-8-7-12-25-19(14)27-16/h5-9,11-12H,10,13H2,1-4H3,(H,23,28)(H,26,29). The van der Waals surface area contributed by atoms with E-state index in [1.54, 1.807) is 46.3 Å². The van der Waals surface area contributed by atoms with Crippen LogP contribution in [-0.2, 0) is 11.2 Å². The number of fused-ring (bicyclic) bond motifs is 1. The lowest BCUT2D eigenvalue weighted by molar-refractivity contribution is 0.0528. The fraction of sp³-hybridized carbons (Fsp3) is 0.318. The van der Waals surface area contributed by atoms with E-state index in [4.69, 9.17) is 4.74 Å². The van der Waals surface area contributed by atoms with E-state index in [-0.39, 0.29) is 12.5 Å². The van der Waals surface area contributed by atoms with Crippen molar-refractivity contribution in [2.24, 2.45) is 0 Å². The molecule has 0 aromatic carbocycles. The van der Waals surface area contributed by atoms with Crippen LogP contribution in [0.1, 0.15) is 36.8 Å². The van der Waals surface area contributed by atoms with Gasteiger partial charge in [-0.25, -0.2) is 14.8 Å². The molecule has 3 rings (SSSR count). The van der Waals surface area contributed by atoms with Gasteiger partial charge < -0.3 is 15.4 Å². The van der Waals surface area contributed by atoms with Gasteiger partial charge in [0.25, 0.3) is 5.91 Å². The van der Waals surface area contributed by atoms with E-state index < -0.39 is 11.7 Å². The molecule has 2 N–H and O–H groups in total. The highest BCUT2D eigenvalue weighted by Gasteiger charge is 2.23. The number of nitrogens with zero attached hydrogens (tertiary/aromatic N) is 3. The highest BCUT2D eigenvalue weighted by Crippen LogP contribution is 2.30. The summed E-state index contributed by atoms with van der Waals surface area (Å²) in [5.74, 6) is -0.252. The van der Waals surface area contributed by atoms with Gasteiger partial charge in [-0.05, 0) is 45.0 Å². The Labute approximate surface area is 175 Å². The highest BCUT2D eigenvalue weighted by atomic mass is 16.6. The zero-order valence-corrected chi connectivity index (χ0v) is 17.5. The van der Waals surface area contributed by atoms with Gasteiger partial charge in [0.1, 0.15) is 5.60 Å². The minimum Gasteiger partial charge on any atom is -0.444 e. The number of ether oxygens (including phenoxy) is 1. The van der Waals surface area contributed by atoms with E-state index >= 15 is 0 Å². The molecule has 3 heterocycles. The molecule has 8 heteroatoms. The number of amides is 2. The maximum Gasteiger partial charge on any atom is 0.407 e. The third-order valence-corrected chi connectivity index (χ3v) is 4.24. The lowest BCUT2D eigenvalue weighted by Gasteiger charge is -2.20. The number of rotatable bonds is 5. The van der Waals surface area contributed by atoms with E-state index in [1.165, 1.54) is 0 Å². The molecular formula is C22H25N5O3. The maximum absolute atomic E-state index is 12.8. The first kappa shape index (κ1) is 21.2. The van der Waals surface area contributed by atoms with Crippen LogP contribution >= 0.6 is 0 Å². The molecule has 3 aromatic heterocycles. The van der Waals surface area contributed by atoms with Gasteiger partial charge in [0.15, 0.2) is 5.65 Å². The van der Waals surface area contributed by atoms with E-state index in [0.29, 0.717) is 40.0 Å². The lowest BCUT2D eigenvalue weighted by atomic mass is 9.96. The molecule has 0 bridgehead atoms. The van der Waals surface area contributed by atoms with Gasteiger partial charge in [0.05, 0.1) is 17.0 Å². The monoisotopic (exact) mass is 407 g/mol. The molecule has 3 aromatic rings. The van der Waals surface area contributed by atoms with Crippen molar-refractivity contribution >= 4 is 23.0 Å². The van der Waals surface area contributed by atoms with Crippen LogP contribution in [0, 0.1) is 0 Å². The third kappa shape index (κ3) is 4.89. The van der Waals surface area contributed by atoms with Gasteiger partial charge >= 0.3 is 6.09 Å². The minimum atomic E-state index is -0.583. The Hall–Kier alpha value is -3.55. The second-order valence-corrected chi connectivity index (χ2v) is 7.66. The summed E-state index contributed by atoms with van der Waals surface area (Å²) in [5.41, 5.74) is 2.21. The van der Waals surface area contributed by atoms with Crippen molar-refractivity contribution in [2.45, 2.75) is 32.8 Å². The molecule has 156 valence electrons. The van der Waals surface area contributed by atoms with Crippen molar-refractivity contribution in [3.8, 4) is 11.3 Å². The predicted octanol–water partition coefficient (Wildman–Crippen LogP) is 3.12. The number of aromatic nitrogens is 3. The van der Waals surface area contributed by atoms with E-state index in [0.717, 1.165) is 0 Å². The summed E-state index contributed by atoms with van der Waals surface area (Å²) in [6.07, 6.45) is 3.17. The van der Waals surface area contributed by atoms with Crippen molar-refractivity contribution in [1.29, 1.82) is 0 Å². The normalized spacial score (nSPS) is 11.2. The maximum atomic E-state index is 12.8. The highest BCUT2D eigenvalue weighted by molar-refractivity contribution is 6.11. The van der Waals surface area contributed by atoms with Crippen LogP contribution in [0.4, 0.5) is 4.79 Å². The van der Waals surface area contributed by atoms with Crippen molar-refractivity contribution < 1.29 is 14.3 Å². The Morgan fingerprint density at radius 2 is 1.83 bits per heavy atom. The van der Waals surface area contributed by atoms with Gasteiger partial charge in [-0.2, -0.15) is 0 Å². The van der Waals surface area contributed by atoms with Gasteiger partial charge in [-0.15, -0.1) is 0 Å². The van der Waals surface area contributed by atoms with Crippen LogP contribution in [0.5, 0.6) is 0 Å². The second-order valence-electron chi connectivity index (χ2n) is 7.66. The van der Waals surface area contributed by atoms with Gasteiger partial charge in [0.2, 0.25) is 0 Å². The topological polar surface area (TPSA) is 106 Å². The van der Waals surface area contributed by atoms with E-state index in [1.807, 2.05) is 24.3 Å². The van der Waals surface area contributed by atoms with Gasteiger partial charge in [0, 0.05) is 43.4 Å². The summed E-state index contributed by atoms with van der Waals surface area (Å²) < 4.78 is 5.28. The molecule has 2 amide bonds. The van der Waals surface area contributed by atoms with E-state index in [9.17, 15) is 9.59 Å². The van der Waals surface area contributed by atoms with Crippen LogP contribution in [0.2, 0.25) is 0 Å². The fourth-order valence-corrected chi connectivity index (χ4v) is 3.07. The molecule has 0 spiro atoms. The van der Waals surface area contributed by atoms with Gasteiger partial charge in [-0.1, -0.05) is 6.07 Å². The fourth-order valence-electron chi connectivity index (χ4n) is 3.07. The third-order valence-electron chi connectivity index (χ3n) is 4.24. The Bertz CT molecular complexity index is 1060. The second kappa shape index (κ2) is 8.86. The first-order valence-electron chi connectivity index (χ1n) is 9.68. The van der Waals surface area contributed by atoms with Gasteiger partial charge in [-0.3, -0.25) is 9.78 Å². The summed E-state index contributed by atoms with van der Waals surface area (Å²) in [6.45, 7) is 5.70. The summed E-state index contributed by atoms with van der Waals surface area (Å²) in [4.78, 5) is 38.3. The molecule has 0 unspecified atom stereocenters. The molecule has 0 saturated carbocycles. The molecule has 0 aliphatic rings. The Kier molecular flexibility index (Phi) is 6.25. The number of hydrogen-bond acceptors (Lipinski definition) is 6. The molecule has 8 nitrogen and oxygen atoms in total. The number of pyridine rings is 3. The number of hydrogen-bond donors (Lipinski definition) is 2. The molecule has 30 heavy (non-hydrogen) atoms. The molecule has 0 aliphatic heterocycles. The molecule has 0 aliphatic carbocycles. The SMILES string of the molecule is CNC(=O)c1c(-c2ccccn2)c(CCNC(=O)OC(C)(C)C)nc2ncccc12. The predicted molar refractivity (Wildman–Crippen MR) is 114 cm³/mol. The quantitative estimate of drug-likeness (QED) is 0.673. The first-order chi connectivity index (χ1) is 14.3. The zero-order valence-electron chi connectivity index (χ0n) is 17.5. The molecule has 0 atom stereocenters. The Morgan fingerprint density at radius 1 is 1.07 bits per heavy atom. The number of carbonyl (C=O) groups is 2. The first-order valence-corrected chi connectivity index (χ1v) is 9.68. The smallest absolute Gasteiger partial charge is 0.407 e. The van der Waals surface area contributed by atoms with Crippen LogP contribution in [0.3, 0.4) is 0 Å². The summed E-state index contributed by atoms with van der Waals surface area (Å²) in [6, 6.07) is 9.07. The number of nitrogens with one attached hydrogen (secondary N) is 2. The number of carbonyl (C=O) groups excluding carboxylic acids is 2. The van der Waals surface area contributed by atoms with Crippen molar-refractivity contribution in [1.82, 2.24) is 25.6 Å². The molecular weight excluding hydrogens is 382 g/mol. The summed E-state index contributed by atoms with van der Waals surface area (Å²) in [5, 5.41) is 6.07. The summed E-state index contributed by atoms with van der Waals surface area (Å²) >= 11 is 0. The van der Waals surface area contributed by atoms with Crippen LogP contribution in [0.15, 0.2) is 42.7 Å². The van der Waals surface area contributed by atoms with Crippen LogP contribution in [-0.4, -0.2) is 46.1 Å². The number of alkyl carbamates (subject to hydrolysis) is 1. The average molecular weight is 407 g/mol. The zero-order chi connectivity index (χ0) is 21.7. The largest absolute Gasteiger partial charge is 0.444 e. The lowest BCUT2D eigenvalue weighted by Crippen LogP contribution is -2.33. The molecule has 0 saturated heterocycles. The Balaban J connectivity index is 2.04. The van der Waals surface area contributed by atoms with Crippen LogP contribution < -0.4 is 10.6 Å². The molecule has 0 fully saturated rings. The van der Waals surface area contributed by atoms with Crippen molar-refractivity contribution in [3.05, 3.63) is 54.0 Å². The average Bonchev–Trinajstić information content (AvgIpc) is 2.71. The Morgan fingerprint density at radius 3 is 2.50 bits per heavy atom. The van der Waals surface area contributed by atoms with Crippen molar-refractivity contribution in [3.63, 3.8) is 0 Å². The minimum absolute atomic E-state index is 0.252. The summed E-state index contributed by atoms with van der Waals surface area (Å²) in [7, 11) is 1.58. The van der Waals surface area contributed by atoms with E-state index in [2.05, 4.69) is 25.6 Å². The molecule has 0 radical (unpaired) electrons. The van der Waals surface area contributed by atoms with Crippen LogP contribution in [0.25, 0.3) is 22.3 Å².